The smallest absolute Gasteiger partial charge is 0.317 e. The zero-order chi connectivity index (χ0) is 20.1. The Hall–Kier alpha value is -3.41. The third-order valence-corrected chi connectivity index (χ3v) is 4.46. The molecular weight excluding hydrogens is 357 g/mol. The molecule has 144 valence electrons. The van der Waals surface area contributed by atoms with Crippen LogP contribution in [0.4, 0.5) is 14.9 Å². The van der Waals surface area contributed by atoms with Gasteiger partial charge in [-0.3, -0.25) is 4.79 Å². The van der Waals surface area contributed by atoms with Crippen LogP contribution in [0.25, 0.3) is 10.8 Å². The Kier molecular flexibility index (Phi) is 5.89. The van der Waals surface area contributed by atoms with E-state index in [9.17, 15) is 14.0 Å². The van der Waals surface area contributed by atoms with E-state index in [1.165, 1.54) is 11.0 Å². The minimum atomic E-state index is -0.380. The quantitative estimate of drug-likeness (QED) is 0.702. The number of carbonyl (C=O) groups excluding carboxylic acids is 2. The van der Waals surface area contributed by atoms with Crippen LogP contribution in [-0.2, 0) is 11.3 Å². The van der Waals surface area contributed by atoms with E-state index in [2.05, 4.69) is 10.6 Å². The standard InChI is InChI=1S/C22H22FN3O2/c1-15-12-16(10-11-19(15)23)13-24-22(28)26(2)14-21(27)25-20-9-5-7-17-6-3-4-8-18(17)20/h3-12H,13-14H2,1-2H3,(H,24,28)(H,25,27). The molecule has 0 bridgehead atoms. The molecule has 5 nitrogen and oxygen atoms in total. The van der Waals surface area contributed by atoms with E-state index in [1.54, 1.807) is 26.1 Å². The predicted octanol–water partition coefficient (Wildman–Crippen LogP) is 4.07. The van der Waals surface area contributed by atoms with Crippen LogP contribution in [0.5, 0.6) is 0 Å². The fraction of sp³-hybridized carbons (Fsp3) is 0.182. The number of aryl methyl sites for hydroxylation is 1. The lowest BCUT2D eigenvalue weighted by atomic mass is 10.1. The van der Waals surface area contributed by atoms with Gasteiger partial charge in [0, 0.05) is 24.7 Å². The molecule has 0 radical (unpaired) electrons. The summed E-state index contributed by atoms with van der Waals surface area (Å²) in [5, 5.41) is 7.56. The summed E-state index contributed by atoms with van der Waals surface area (Å²) in [5.41, 5.74) is 2.02. The molecule has 0 aliphatic carbocycles. The van der Waals surface area contributed by atoms with E-state index in [-0.39, 0.29) is 30.8 Å². The molecule has 0 saturated heterocycles. The van der Waals surface area contributed by atoms with Crippen molar-refractivity contribution in [1.29, 1.82) is 0 Å². The van der Waals surface area contributed by atoms with Crippen LogP contribution >= 0.6 is 0 Å². The summed E-state index contributed by atoms with van der Waals surface area (Å²) in [6.07, 6.45) is 0. The average Bonchev–Trinajstić information content (AvgIpc) is 2.68. The highest BCUT2D eigenvalue weighted by Gasteiger charge is 2.14. The third-order valence-electron chi connectivity index (χ3n) is 4.46. The first-order chi connectivity index (χ1) is 13.4. The van der Waals surface area contributed by atoms with Crippen LogP contribution in [0, 0.1) is 12.7 Å². The Morgan fingerprint density at radius 2 is 1.79 bits per heavy atom. The number of hydrogen-bond acceptors (Lipinski definition) is 2. The van der Waals surface area contributed by atoms with Crippen molar-refractivity contribution < 1.29 is 14.0 Å². The number of nitrogens with one attached hydrogen (secondary N) is 2. The Morgan fingerprint density at radius 3 is 2.57 bits per heavy atom. The molecule has 6 heteroatoms. The molecule has 2 N–H and O–H groups in total. The zero-order valence-corrected chi connectivity index (χ0v) is 15.8. The van der Waals surface area contributed by atoms with Gasteiger partial charge in [-0.15, -0.1) is 0 Å². The van der Waals surface area contributed by atoms with Gasteiger partial charge >= 0.3 is 6.03 Å². The number of nitrogens with zero attached hydrogens (tertiary/aromatic N) is 1. The minimum absolute atomic E-state index is 0.0858. The molecule has 0 unspecified atom stereocenters. The second-order valence-electron chi connectivity index (χ2n) is 6.67. The van der Waals surface area contributed by atoms with E-state index in [0.29, 0.717) is 11.3 Å². The van der Waals surface area contributed by atoms with Gasteiger partial charge < -0.3 is 15.5 Å². The van der Waals surface area contributed by atoms with Crippen molar-refractivity contribution in [3.05, 3.63) is 77.6 Å². The van der Waals surface area contributed by atoms with Crippen molar-refractivity contribution in [2.45, 2.75) is 13.5 Å². The highest BCUT2D eigenvalue weighted by Crippen LogP contribution is 2.22. The number of rotatable bonds is 5. The molecule has 3 aromatic carbocycles. The van der Waals surface area contributed by atoms with Crippen LogP contribution < -0.4 is 10.6 Å². The van der Waals surface area contributed by atoms with Gasteiger partial charge in [-0.2, -0.15) is 0 Å². The first-order valence-corrected chi connectivity index (χ1v) is 8.95. The normalized spacial score (nSPS) is 10.5. The molecule has 0 atom stereocenters. The van der Waals surface area contributed by atoms with Crippen molar-refractivity contribution in [3.63, 3.8) is 0 Å². The van der Waals surface area contributed by atoms with Gasteiger partial charge in [0.05, 0.1) is 0 Å². The number of amides is 3. The summed E-state index contributed by atoms with van der Waals surface area (Å²) < 4.78 is 13.3. The summed E-state index contributed by atoms with van der Waals surface area (Å²) in [7, 11) is 1.55. The van der Waals surface area contributed by atoms with E-state index < -0.39 is 0 Å². The largest absolute Gasteiger partial charge is 0.334 e. The van der Waals surface area contributed by atoms with Gasteiger partial charge in [-0.25, -0.2) is 9.18 Å². The zero-order valence-electron chi connectivity index (χ0n) is 15.8. The summed E-state index contributed by atoms with van der Waals surface area (Å²) in [4.78, 5) is 25.9. The number of fused-ring (bicyclic) bond motifs is 1. The number of benzene rings is 3. The Bertz CT molecular complexity index is 1010. The van der Waals surface area contributed by atoms with Crippen molar-refractivity contribution in [2.75, 3.05) is 18.9 Å². The van der Waals surface area contributed by atoms with Gasteiger partial charge in [0.25, 0.3) is 0 Å². The molecule has 3 aromatic rings. The maximum absolute atomic E-state index is 13.3. The molecule has 0 fully saturated rings. The SMILES string of the molecule is Cc1cc(CNC(=O)N(C)CC(=O)Nc2cccc3ccccc23)ccc1F. The van der Waals surface area contributed by atoms with Crippen molar-refractivity contribution in [2.24, 2.45) is 0 Å². The highest BCUT2D eigenvalue weighted by molar-refractivity contribution is 6.03. The number of halogens is 1. The molecule has 3 rings (SSSR count). The van der Waals surface area contributed by atoms with E-state index in [1.807, 2.05) is 42.5 Å². The van der Waals surface area contributed by atoms with E-state index in [4.69, 9.17) is 0 Å². The number of hydrogen-bond donors (Lipinski definition) is 2. The van der Waals surface area contributed by atoms with Crippen LogP contribution in [0.2, 0.25) is 0 Å². The van der Waals surface area contributed by atoms with Gasteiger partial charge in [0.2, 0.25) is 5.91 Å². The maximum Gasteiger partial charge on any atom is 0.317 e. The number of anilines is 1. The molecule has 0 heterocycles. The second-order valence-corrected chi connectivity index (χ2v) is 6.67. The lowest BCUT2D eigenvalue weighted by Gasteiger charge is -2.18. The van der Waals surface area contributed by atoms with E-state index >= 15 is 0 Å². The molecule has 0 aromatic heterocycles. The molecule has 0 saturated carbocycles. The van der Waals surface area contributed by atoms with Crippen molar-refractivity contribution in [1.82, 2.24) is 10.2 Å². The Labute approximate surface area is 163 Å². The minimum Gasteiger partial charge on any atom is -0.334 e. The van der Waals surface area contributed by atoms with Gasteiger partial charge in [0.1, 0.15) is 12.4 Å². The third kappa shape index (κ3) is 4.65. The number of urea groups is 1. The molecule has 0 spiro atoms. The predicted molar refractivity (Wildman–Crippen MR) is 109 cm³/mol. The summed E-state index contributed by atoms with van der Waals surface area (Å²) in [5.74, 6) is -0.566. The second kappa shape index (κ2) is 8.52. The van der Waals surface area contributed by atoms with Crippen molar-refractivity contribution >= 4 is 28.4 Å². The molecule has 0 aliphatic rings. The molecule has 0 aliphatic heterocycles. The summed E-state index contributed by atoms with van der Waals surface area (Å²) in [6, 6.07) is 17.7. The Morgan fingerprint density at radius 1 is 1.04 bits per heavy atom. The Balaban J connectivity index is 1.55. The lowest BCUT2D eigenvalue weighted by molar-refractivity contribution is -0.116. The monoisotopic (exact) mass is 379 g/mol. The summed E-state index contributed by atoms with van der Waals surface area (Å²) >= 11 is 0. The molecule has 3 amide bonds. The number of likely N-dealkylation sites (N-methyl/N-ethyl adjacent to an activating group) is 1. The average molecular weight is 379 g/mol. The first kappa shape index (κ1) is 19.4. The fourth-order valence-corrected chi connectivity index (χ4v) is 2.94. The number of carbonyl (C=O) groups is 2. The summed E-state index contributed by atoms with van der Waals surface area (Å²) in [6.45, 7) is 1.84. The lowest BCUT2D eigenvalue weighted by Crippen LogP contribution is -2.41. The van der Waals surface area contributed by atoms with Crippen molar-refractivity contribution in [3.8, 4) is 0 Å². The van der Waals surface area contributed by atoms with Gasteiger partial charge in [-0.1, -0.05) is 48.5 Å². The first-order valence-electron chi connectivity index (χ1n) is 8.95. The van der Waals surface area contributed by atoms with Crippen LogP contribution in [0.3, 0.4) is 0 Å². The van der Waals surface area contributed by atoms with Crippen LogP contribution in [0.15, 0.2) is 60.7 Å². The molecule has 28 heavy (non-hydrogen) atoms. The topological polar surface area (TPSA) is 61.4 Å². The van der Waals surface area contributed by atoms with Gasteiger partial charge in [-0.05, 0) is 35.6 Å². The van der Waals surface area contributed by atoms with Gasteiger partial charge in [0.15, 0.2) is 0 Å². The highest BCUT2D eigenvalue weighted by atomic mass is 19.1. The van der Waals surface area contributed by atoms with Crippen LogP contribution in [-0.4, -0.2) is 30.4 Å². The maximum atomic E-state index is 13.3. The van der Waals surface area contributed by atoms with Crippen LogP contribution in [0.1, 0.15) is 11.1 Å². The molecular formula is C22H22FN3O2. The van der Waals surface area contributed by atoms with E-state index in [0.717, 1.165) is 16.3 Å². The fourth-order valence-electron chi connectivity index (χ4n) is 2.94.